The van der Waals surface area contributed by atoms with Crippen LogP contribution in [0.5, 0.6) is 0 Å². The highest BCUT2D eigenvalue weighted by Crippen LogP contribution is 2.37. The number of hydrogen-bond donors (Lipinski definition) is 1. The Morgan fingerprint density at radius 3 is 2.68 bits per heavy atom. The Bertz CT molecular complexity index is 405. The summed E-state index contributed by atoms with van der Waals surface area (Å²) in [5, 5.41) is 0. The van der Waals surface area contributed by atoms with Crippen molar-refractivity contribution in [1.82, 2.24) is 4.90 Å². The molecule has 0 radical (unpaired) electrons. The van der Waals surface area contributed by atoms with Crippen molar-refractivity contribution in [2.24, 2.45) is 17.6 Å². The summed E-state index contributed by atoms with van der Waals surface area (Å²) in [5.74, 6) is 1.57. The summed E-state index contributed by atoms with van der Waals surface area (Å²) in [6, 6.07) is 4.68. The van der Waals surface area contributed by atoms with E-state index in [0.29, 0.717) is 6.04 Å². The van der Waals surface area contributed by atoms with Crippen molar-refractivity contribution in [2.45, 2.75) is 45.7 Å². The lowest BCUT2D eigenvalue weighted by Crippen LogP contribution is -2.39. The summed E-state index contributed by atoms with van der Waals surface area (Å²) in [6.45, 7) is 9.15. The molecule has 2 nitrogen and oxygen atoms in total. The Morgan fingerprint density at radius 1 is 1.47 bits per heavy atom. The minimum absolute atomic E-state index is 0.195. The molecule has 0 spiro atoms. The highest BCUT2D eigenvalue weighted by atomic mass is 35.5. The molecule has 3 atom stereocenters. The van der Waals surface area contributed by atoms with Gasteiger partial charge in [-0.15, -0.1) is 11.3 Å². The van der Waals surface area contributed by atoms with Crippen LogP contribution in [-0.2, 0) is 0 Å². The second kappa shape index (κ2) is 6.57. The van der Waals surface area contributed by atoms with E-state index in [1.54, 1.807) is 11.3 Å². The number of nitrogens with two attached hydrogens (primary N) is 1. The largest absolute Gasteiger partial charge is 0.326 e. The Balaban J connectivity index is 2.15. The highest BCUT2D eigenvalue weighted by Gasteiger charge is 2.33. The third-order valence-electron chi connectivity index (χ3n) is 4.35. The van der Waals surface area contributed by atoms with Gasteiger partial charge in [0.2, 0.25) is 0 Å². The van der Waals surface area contributed by atoms with Gasteiger partial charge < -0.3 is 5.73 Å². The predicted molar refractivity (Wildman–Crippen MR) is 84.9 cm³/mol. The molecule has 1 aliphatic rings. The van der Waals surface area contributed by atoms with Crippen LogP contribution in [0.25, 0.3) is 0 Å². The lowest BCUT2D eigenvalue weighted by molar-refractivity contribution is 0.199. The van der Waals surface area contributed by atoms with Gasteiger partial charge in [-0.05, 0) is 43.4 Å². The molecule has 3 unspecified atom stereocenters. The zero-order chi connectivity index (χ0) is 14.0. The first-order chi connectivity index (χ1) is 9.02. The van der Waals surface area contributed by atoms with E-state index >= 15 is 0 Å². The normalized spacial score (nSPS) is 24.0. The van der Waals surface area contributed by atoms with E-state index in [4.69, 9.17) is 17.3 Å². The van der Waals surface area contributed by atoms with Crippen molar-refractivity contribution in [3.8, 4) is 0 Å². The van der Waals surface area contributed by atoms with Crippen LogP contribution in [0.2, 0.25) is 4.34 Å². The molecule has 1 aromatic rings. The summed E-state index contributed by atoms with van der Waals surface area (Å²) >= 11 is 7.78. The van der Waals surface area contributed by atoms with Crippen molar-refractivity contribution >= 4 is 22.9 Å². The number of likely N-dealkylation sites (tertiary alicyclic amines) is 1. The van der Waals surface area contributed by atoms with Crippen LogP contribution in [0.3, 0.4) is 0 Å². The maximum absolute atomic E-state index is 6.38. The summed E-state index contributed by atoms with van der Waals surface area (Å²) in [5.41, 5.74) is 6.38. The molecule has 1 aliphatic heterocycles. The first-order valence-corrected chi connectivity index (χ1v) is 8.47. The van der Waals surface area contributed by atoms with Gasteiger partial charge in [0.25, 0.3) is 0 Å². The average Bonchev–Trinajstić information content (AvgIpc) is 2.99. The van der Waals surface area contributed by atoms with Gasteiger partial charge in [-0.1, -0.05) is 32.4 Å². The van der Waals surface area contributed by atoms with Gasteiger partial charge in [0.05, 0.1) is 10.4 Å². The molecule has 0 saturated carbocycles. The Kier molecular flexibility index (Phi) is 5.29. The molecule has 0 aromatic carbocycles. The summed E-state index contributed by atoms with van der Waals surface area (Å²) in [6.07, 6.45) is 2.30. The van der Waals surface area contributed by atoms with Gasteiger partial charge in [-0.2, -0.15) is 0 Å². The Labute approximate surface area is 125 Å². The second-order valence-corrected chi connectivity index (χ2v) is 7.69. The van der Waals surface area contributed by atoms with Crippen molar-refractivity contribution < 1.29 is 0 Å². The van der Waals surface area contributed by atoms with E-state index in [-0.39, 0.29) is 6.04 Å². The lowest BCUT2D eigenvalue weighted by atomic mass is 9.95. The molecular weight excluding hydrogens is 276 g/mol. The van der Waals surface area contributed by atoms with Gasteiger partial charge >= 0.3 is 0 Å². The van der Waals surface area contributed by atoms with Gasteiger partial charge in [0, 0.05) is 17.5 Å². The zero-order valence-electron chi connectivity index (χ0n) is 12.1. The summed E-state index contributed by atoms with van der Waals surface area (Å²) in [4.78, 5) is 3.89. The van der Waals surface area contributed by atoms with Crippen molar-refractivity contribution in [3.05, 3.63) is 21.3 Å². The van der Waals surface area contributed by atoms with Crippen LogP contribution in [0.15, 0.2) is 12.1 Å². The first kappa shape index (κ1) is 15.3. The quantitative estimate of drug-likeness (QED) is 0.885. The molecule has 4 heteroatoms. The third-order valence-corrected chi connectivity index (χ3v) is 5.66. The average molecular weight is 301 g/mol. The minimum atomic E-state index is 0.195. The molecule has 2 rings (SSSR count). The fraction of sp³-hybridized carbons (Fsp3) is 0.733. The highest BCUT2D eigenvalue weighted by molar-refractivity contribution is 7.16. The maximum Gasteiger partial charge on any atom is 0.0931 e. The summed E-state index contributed by atoms with van der Waals surface area (Å²) in [7, 11) is 0. The van der Waals surface area contributed by atoms with Crippen LogP contribution in [0.4, 0.5) is 0 Å². The van der Waals surface area contributed by atoms with Crippen LogP contribution in [0.1, 0.15) is 44.5 Å². The molecule has 19 heavy (non-hydrogen) atoms. The van der Waals surface area contributed by atoms with E-state index in [9.17, 15) is 0 Å². The number of rotatable bonds is 5. The second-order valence-electron chi connectivity index (χ2n) is 5.95. The monoisotopic (exact) mass is 300 g/mol. The summed E-state index contributed by atoms with van der Waals surface area (Å²) < 4.78 is 0.864. The van der Waals surface area contributed by atoms with Crippen molar-refractivity contribution in [1.29, 1.82) is 0 Å². The van der Waals surface area contributed by atoms with E-state index in [1.807, 2.05) is 6.07 Å². The third kappa shape index (κ3) is 3.52. The number of nitrogens with zero attached hydrogens (tertiary/aromatic N) is 1. The molecule has 2 N–H and O–H groups in total. The standard InChI is InChI=1S/C15H25ClN2S/c1-4-12(17)15(13-5-6-14(16)19-13)18-8-7-11(9-18)10(2)3/h5-6,10-12,15H,4,7-9,17H2,1-3H3. The molecule has 1 saturated heterocycles. The van der Waals surface area contributed by atoms with Crippen molar-refractivity contribution in [3.63, 3.8) is 0 Å². The van der Waals surface area contributed by atoms with Gasteiger partial charge in [-0.25, -0.2) is 0 Å². The van der Waals surface area contributed by atoms with Gasteiger partial charge in [0.1, 0.15) is 0 Å². The van der Waals surface area contributed by atoms with E-state index in [0.717, 1.165) is 29.1 Å². The Hall–Kier alpha value is -0.0900. The minimum Gasteiger partial charge on any atom is -0.326 e. The molecular formula is C15H25ClN2S. The Morgan fingerprint density at radius 2 is 2.21 bits per heavy atom. The molecule has 1 fully saturated rings. The number of hydrogen-bond acceptors (Lipinski definition) is 3. The predicted octanol–water partition coefficient (Wildman–Crippen LogP) is 4.16. The van der Waals surface area contributed by atoms with E-state index in [1.165, 1.54) is 17.8 Å². The number of thiophene rings is 1. The number of halogens is 1. The van der Waals surface area contributed by atoms with Crippen molar-refractivity contribution in [2.75, 3.05) is 13.1 Å². The topological polar surface area (TPSA) is 29.3 Å². The molecule has 108 valence electrons. The van der Waals surface area contributed by atoms with Crippen LogP contribution < -0.4 is 5.73 Å². The van der Waals surface area contributed by atoms with Crippen LogP contribution >= 0.6 is 22.9 Å². The van der Waals surface area contributed by atoms with Crippen LogP contribution in [-0.4, -0.2) is 24.0 Å². The van der Waals surface area contributed by atoms with Gasteiger partial charge in [-0.3, -0.25) is 4.90 Å². The zero-order valence-corrected chi connectivity index (χ0v) is 13.7. The van der Waals surface area contributed by atoms with Crippen LogP contribution in [0, 0.1) is 11.8 Å². The first-order valence-electron chi connectivity index (χ1n) is 7.27. The maximum atomic E-state index is 6.38. The molecule has 1 aromatic heterocycles. The molecule has 2 heterocycles. The van der Waals surface area contributed by atoms with E-state index < -0.39 is 0 Å². The van der Waals surface area contributed by atoms with E-state index in [2.05, 4.69) is 31.7 Å². The SMILES string of the molecule is CCC(N)C(c1ccc(Cl)s1)N1CCC(C(C)C)C1. The molecule has 0 aliphatic carbocycles. The molecule has 0 bridgehead atoms. The lowest BCUT2D eigenvalue weighted by Gasteiger charge is -2.32. The fourth-order valence-electron chi connectivity index (χ4n) is 2.98. The van der Waals surface area contributed by atoms with Gasteiger partial charge in [0.15, 0.2) is 0 Å². The molecule has 0 amide bonds. The fourth-order valence-corrected chi connectivity index (χ4v) is 4.26. The smallest absolute Gasteiger partial charge is 0.0931 e.